The Kier molecular flexibility index (Phi) is 5.77. The van der Waals surface area contributed by atoms with Crippen molar-refractivity contribution in [1.29, 1.82) is 0 Å². The number of halogens is 1. The van der Waals surface area contributed by atoms with Crippen LogP contribution in [0.2, 0.25) is 0 Å². The molecule has 2 aromatic rings. The normalized spacial score (nSPS) is 22.9. The van der Waals surface area contributed by atoms with Crippen molar-refractivity contribution in [3.8, 4) is 0 Å². The predicted molar refractivity (Wildman–Crippen MR) is 107 cm³/mol. The third-order valence-electron chi connectivity index (χ3n) is 5.78. The number of likely N-dealkylation sites (tertiary alicyclic amines) is 1. The first-order valence-electron chi connectivity index (χ1n) is 9.80. The number of carbonyl (C=O) groups is 1. The zero-order chi connectivity index (χ0) is 18.4. The average Bonchev–Trinajstić information content (AvgIpc) is 3.39. The average molecular weight is 393 g/mol. The highest BCUT2D eigenvalue weighted by molar-refractivity contribution is 6.06. The van der Waals surface area contributed by atoms with Crippen LogP contribution in [-0.2, 0) is 0 Å². The van der Waals surface area contributed by atoms with Crippen LogP contribution in [0.5, 0.6) is 0 Å². The molecule has 2 N–H and O–H groups in total. The third kappa shape index (κ3) is 3.69. The summed E-state index contributed by atoms with van der Waals surface area (Å²) in [5.41, 5.74) is 8.95. The Hall–Kier alpha value is -1.66. The minimum absolute atomic E-state index is 0. The maximum absolute atomic E-state index is 13.5. The SMILES string of the molecule is CC1CCN(C(=O)c2cc(C3CC3)nc3onc(C(C)C)c23)C(CN)C1.Cl. The van der Waals surface area contributed by atoms with Gasteiger partial charge in [0.05, 0.1) is 16.6 Å². The fourth-order valence-electron chi connectivity index (χ4n) is 4.04. The summed E-state index contributed by atoms with van der Waals surface area (Å²) in [7, 11) is 0. The fraction of sp³-hybridized carbons (Fsp3) is 0.650. The highest BCUT2D eigenvalue weighted by Gasteiger charge is 2.34. The van der Waals surface area contributed by atoms with E-state index in [0.29, 0.717) is 29.7 Å². The Bertz CT molecular complexity index is 831. The second-order valence-corrected chi connectivity index (χ2v) is 8.29. The van der Waals surface area contributed by atoms with Crippen molar-refractivity contribution in [3.05, 3.63) is 23.0 Å². The van der Waals surface area contributed by atoms with Crippen molar-refractivity contribution in [2.45, 2.75) is 64.3 Å². The standard InChI is InChI=1S/C20H28N4O2.ClH/c1-11(2)18-17-15(9-16(13-4-5-13)22-19(17)26-23-18)20(25)24-7-6-12(3)8-14(24)10-21;/h9,11-14H,4-8,10,21H2,1-3H3;1H. The summed E-state index contributed by atoms with van der Waals surface area (Å²) in [6.45, 7) is 7.61. The van der Waals surface area contributed by atoms with E-state index in [1.807, 2.05) is 11.0 Å². The topological polar surface area (TPSA) is 85.2 Å². The number of hydrogen-bond acceptors (Lipinski definition) is 5. The van der Waals surface area contributed by atoms with E-state index in [1.165, 1.54) is 0 Å². The van der Waals surface area contributed by atoms with E-state index in [2.05, 4.69) is 30.9 Å². The maximum Gasteiger partial charge on any atom is 0.259 e. The molecule has 2 unspecified atom stereocenters. The number of aromatic nitrogens is 2. The first-order chi connectivity index (χ1) is 12.5. The molecule has 148 valence electrons. The molecule has 2 fully saturated rings. The summed E-state index contributed by atoms with van der Waals surface area (Å²) >= 11 is 0. The van der Waals surface area contributed by atoms with E-state index < -0.39 is 0 Å². The van der Waals surface area contributed by atoms with Crippen LogP contribution >= 0.6 is 12.4 Å². The lowest BCUT2D eigenvalue weighted by Gasteiger charge is -2.38. The van der Waals surface area contributed by atoms with Crippen LogP contribution in [0.4, 0.5) is 0 Å². The molecule has 2 aromatic heterocycles. The van der Waals surface area contributed by atoms with Crippen LogP contribution in [0, 0.1) is 5.92 Å². The van der Waals surface area contributed by atoms with Crippen LogP contribution in [-0.4, -0.2) is 40.1 Å². The molecule has 27 heavy (non-hydrogen) atoms. The molecule has 4 rings (SSSR count). The Labute approximate surface area is 166 Å². The minimum Gasteiger partial charge on any atom is -0.335 e. The van der Waals surface area contributed by atoms with Crippen LogP contribution < -0.4 is 5.73 Å². The van der Waals surface area contributed by atoms with Crippen molar-refractivity contribution >= 4 is 29.4 Å². The first-order valence-corrected chi connectivity index (χ1v) is 9.80. The molecule has 0 radical (unpaired) electrons. The quantitative estimate of drug-likeness (QED) is 0.854. The van der Waals surface area contributed by atoms with Crippen molar-refractivity contribution in [1.82, 2.24) is 15.0 Å². The smallest absolute Gasteiger partial charge is 0.259 e. The van der Waals surface area contributed by atoms with Gasteiger partial charge < -0.3 is 15.2 Å². The Morgan fingerprint density at radius 1 is 1.37 bits per heavy atom. The lowest BCUT2D eigenvalue weighted by Crippen LogP contribution is -2.49. The van der Waals surface area contributed by atoms with E-state index in [0.717, 1.165) is 49.0 Å². The maximum atomic E-state index is 13.5. The molecule has 2 aliphatic rings. The van der Waals surface area contributed by atoms with Gasteiger partial charge in [-0.25, -0.2) is 4.98 Å². The molecular formula is C20H29ClN4O2. The minimum atomic E-state index is 0. The van der Waals surface area contributed by atoms with Gasteiger partial charge in [0.15, 0.2) is 0 Å². The van der Waals surface area contributed by atoms with Gasteiger partial charge in [-0.1, -0.05) is 25.9 Å². The van der Waals surface area contributed by atoms with E-state index in [4.69, 9.17) is 10.3 Å². The van der Waals surface area contributed by atoms with Gasteiger partial charge in [-0.05, 0) is 43.6 Å². The molecular weight excluding hydrogens is 364 g/mol. The largest absolute Gasteiger partial charge is 0.335 e. The van der Waals surface area contributed by atoms with Gasteiger partial charge in [0, 0.05) is 30.7 Å². The highest BCUT2D eigenvalue weighted by atomic mass is 35.5. The summed E-state index contributed by atoms with van der Waals surface area (Å²) < 4.78 is 5.52. The van der Waals surface area contributed by atoms with Crippen molar-refractivity contribution in [2.75, 3.05) is 13.1 Å². The Morgan fingerprint density at radius 2 is 2.11 bits per heavy atom. The molecule has 3 heterocycles. The summed E-state index contributed by atoms with van der Waals surface area (Å²) in [5.74, 6) is 1.27. The molecule has 0 aromatic carbocycles. The fourth-order valence-corrected chi connectivity index (χ4v) is 4.04. The lowest BCUT2D eigenvalue weighted by atomic mass is 9.91. The van der Waals surface area contributed by atoms with Gasteiger partial charge in [0.1, 0.15) is 0 Å². The number of carbonyl (C=O) groups excluding carboxylic acids is 1. The highest BCUT2D eigenvalue weighted by Crippen LogP contribution is 2.41. The molecule has 7 heteroatoms. The zero-order valence-corrected chi connectivity index (χ0v) is 17.1. The van der Waals surface area contributed by atoms with E-state index in [-0.39, 0.29) is 30.3 Å². The van der Waals surface area contributed by atoms with Crippen LogP contribution in [0.1, 0.15) is 80.0 Å². The number of amides is 1. The van der Waals surface area contributed by atoms with Gasteiger partial charge in [-0.15, -0.1) is 12.4 Å². The molecule has 6 nitrogen and oxygen atoms in total. The van der Waals surface area contributed by atoms with Gasteiger partial charge in [-0.2, -0.15) is 0 Å². The second-order valence-electron chi connectivity index (χ2n) is 8.29. The zero-order valence-electron chi connectivity index (χ0n) is 16.3. The van der Waals surface area contributed by atoms with Crippen molar-refractivity contribution < 1.29 is 9.32 Å². The van der Waals surface area contributed by atoms with E-state index >= 15 is 0 Å². The second kappa shape index (κ2) is 7.76. The number of nitrogens with two attached hydrogens (primary N) is 1. The van der Waals surface area contributed by atoms with Crippen molar-refractivity contribution in [3.63, 3.8) is 0 Å². The molecule has 1 aliphatic heterocycles. The third-order valence-corrected chi connectivity index (χ3v) is 5.78. The molecule has 1 saturated heterocycles. The molecule has 1 saturated carbocycles. The van der Waals surface area contributed by atoms with Crippen LogP contribution in [0.15, 0.2) is 10.6 Å². The summed E-state index contributed by atoms with van der Waals surface area (Å²) in [4.78, 5) is 20.1. The molecule has 0 spiro atoms. The predicted octanol–water partition coefficient (Wildman–Crippen LogP) is 3.84. The molecule has 1 aliphatic carbocycles. The first kappa shape index (κ1) is 20.1. The summed E-state index contributed by atoms with van der Waals surface area (Å²) in [6.07, 6.45) is 4.24. The molecule has 0 bridgehead atoms. The van der Waals surface area contributed by atoms with Crippen LogP contribution in [0.25, 0.3) is 11.1 Å². The van der Waals surface area contributed by atoms with E-state index in [9.17, 15) is 4.79 Å². The van der Waals surface area contributed by atoms with Gasteiger partial charge in [0.2, 0.25) is 0 Å². The number of piperidine rings is 1. The number of rotatable bonds is 4. The van der Waals surface area contributed by atoms with Gasteiger partial charge in [-0.3, -0.25) is 4.79 Å². The van der Waals surface area contributed by atoms with Crippen molar-refractivity contribution in [2.24, 2.45) is 11.7 Å². The van der Waals surface area contributed by atoms with Crippen LogP contribution in [0.3, 0.4) is 0 Å². The molecule has 1 amide bonds. The monoisotopic (exact) mass is 392 g/mol. The number of hydrogen-bond donors (Lipinski definition) is 1. The lowest BCUT2D eigenvalue weighted by molar-refractivity contribution is 0.0575. The number of fused-ring (bicyclic) bond motifs is 1. The Balaban J connectivity index is 0.00000210. The number of pyridine rings is 1. The van der Waals surface area contributed by atoms with E-state index in [1.54, 1.807) is 0 Å². The van der Waals surface area contributed by atoms with Gasteiger partial charge >= 0.3 is 0 Å². The van der Waals surface area contributed by atoms with Gasteiger partial charge in [0.25, 0.3) is 11.6 Å². The summed E-state index contributed by atoms with van der Waals surface area (Å²) in [6, 6.07) is 2.08. The Morgan fingerprint density at radius 3 is 2.74 bits per heavy atom. The summed E-state index contributed by atoms with van der Waals surface area (Å²) in [5, 5.41) is 5.00. The molecule has 2 atom stereocenters. The number of nitrogens with zero attached hydrogens (tertiary/aromatic N) is 3.